The van der Waals surface area contributed by atoms with Gasteiger partial charge in [-0.3, -0.25) is 14.4 Å². The summed E-state index contributed by atoms with van der Waals surface area (Å²) >= 11 is 6.20. The van der Waals surface area contributed by atoms with Crippen LogP contribution >= 0.6 is 11.6 Å². The summed E-state index contributed by atoms with van der Waals surface area (Å²) in [7, 11) is 1.50. The Kier molecular flexibility index (Phi) is 6.70. The highest BCUT2D eigenvalue weighted by Crippen LogP contribution is 2.34. The number of carbonyl (C=O) groups is 3. The van der Waals surface area contributed by atoms with Crippen molar-refractivity contribution < 1.29 is 19.1 Å². The van der Waals surface area contributed by atoms with E-state index in [0.29, 0.717) is 47.1 Å². The van der Waals surface area contributed by atoms with Gasteiger partial charge in [0.2, 0.25) is 11.8 Å². The molecule has 0 bridgehead atoms. The first-order chi connectivity index (χ1) is 15.9. The molecule has 4 N–H and O–H groups in total. The van der Waals surface area contributed by atoms with Crippen molar-refractivity contribution in [2.45, 2.75) is 44.2 Å². The summed E-state index contributed by atoms with van der Waals surface area (Å²) in [6.45, 7) is 0.572. The lowest BCUT2D eigenvalue weighted by atomic mass is 9.98. The second-order valence-electron chi connectivity index (χ2n) is 8.47. The number of halogens is 1. The van der Waals surface area contributed by atoms with Crippen LogP contribution in [0.1, 0.15) is 42.7 Å². The number of methoxy groups -OCH3 is 1. The lowest BCUT2D eigenvalue weighted by Crippen LogP contribution is -2.50. The smallest absolute Gasteiger partial charge is 0.287 e. The molecule has 2 aliphatic rings. The van der Waals surface area contributed by atoms with Gasteiger partial charge < -0.3 is 25.7 Å². The molecule has 1 aliphatic heterocycles. The van der Waals surface area contributed by atoms with Gasteiger partial charge >= 0.3 is 0 Å². The van der Waals surface area contributed by atoms with Crippen molar-refractivity contribution in [1.29, 1.82) is 5.26 Å². The second kappa shape index (κ2) is 9.67. The van der Waals surface area contributed by atoms with Crippen molar-refractivity contribution in [3.8, 4) is 11.8 Å². The van der Waals surface area contributed by atoms with Gasteiger partial charge in [-0.1, -0.05) is 24.4 Å². The van der Waals surface area contributed by atoms with E-state index in [1.165, 1.54) is 7.11 Å². The molecule has 0 unspecified atom stereocenters. The number of aromatic nitrogens is 2. The molecule has 1 saturated carbocycles. The average Bonchev–Trinajstić information content (AvgIpc) is 3.34. The van der Waals surface area contributed by atoms with E-state index in [-0.39, 0.29) is 24.1 Å². The molecule has 0 spiro atoms. The lowest BCUT2D eigenvalue weighted by Gasteiger charge is -2.21. The molecule has 4 rings (SSSR count). The monoisotopic (exact) mass is 472 g/mol. The van der Waals surface area contributed by atoms with Crippen molar-refractivity contribution >= 4 is 40.4 Å². The maximum Gasteiger partial charge on any atom is 0.287 e. The van der Waals surface area contributed by atoms with Crippen LogP contribution < -0.4 is 20.7 Å². The molecule has 3 atom stereocenters. The zero-order valence-corrected chi connectivity index (χ0v) is 18.9. The third-order valence-corrected chi connectivity index (χ3v) is 6.34. The maximum absolute atomic E-state index is 13.0. The molecule has 33 heavy (non-hydrogen) atoms. The minimum atomic E-state index is -0.830. The standard InChI is InChI=1S/C22H25ClN6O4/c1-33-16-5-4-14(23)17-18(16)29-19(28-17)22(32)27-15(8-11-2-3-11)21(31)26-13(10-24)9-12-6-7-25-20(12)30/h4-5,11-13,15H,2-3,6-9H2,1H3,(H,25,30)(H,26,31)(H,27,32)(H,28,29)/t12-,13-,15-/m0/s1. The predicted molar refractivity (Wildman–Crippen MR) is 120 cm³/mol. The largest absolute Gasteiger partial charge is 0.494 e. The van der Waals surface area contributed by atoms with Gasteiger partial charge in [-0.05, 0) is 37.3 Å². The van der Waals surface area contributed by atoms with Crippen LogP contribution in [0.5, 0.6) is 5.75 Å². The highest BCUT2D eigenvalue weighted by Gasteiger charge is 2.33. The summed E-state index contributed by atoms with van der Waals surface area (Å²) in [5, 5.41) is 18.0. The van der Waals surface area contributed by atoms with Gasteiger partial charge in [-0.15, -0.1) is 0 Å². The number of nitrogens with zero attached hydrogens (tertiary/aromatic N) is 2. The number of ether oxygens (including phenoxy) is 1. The van der Waals surface area contributed by atoms with Gasteiger partial charge in [0.25, 0.3) is 5.91 Å². The number of amides is 3. The lowest BCUT2D eigenvalue weighted by molar-refractivity contribution is -0.125. The molecule has 1 aliphatic carbocycles. The molecule has 174 valence electrons. The predicted octanol–water partition coefficient (Wildman–Crippen LogP) is 1.66. The van der Waals surface area contributed by atoms with Crippen LogP contribution in [0.3, 0.4) is 0 Å². The normalized spacial score (nSPS) is 19.4. The van der Waals surface area contributed by atoms with E-state index in [1.54, 1.807) is 12.1 Å². The SMILES string of the molecule is COc1ccc(Cl)c2nc(C(=O)N[C@@H](CC3CC3)C(=O)N[C@H](C#N)C[C@@H]3CCNC3=O)[nH]c12. The van der Waals surface area contributed by atoms with Crippen molar-refractivity contribution in [2.24, 2.45) is 11.8 Å². The fraction of sp³-hybridized carbons (Fsp3) is 0.500. The van der Waals surface area contributed by atoms with Crippen LogP contribution in [0.15, 0.2) is 12.1 Å². The third kappa shape index (κ3) is 5.20. The minimum Gasteiger partial charge on any atom is -0.494 e. The number of imidazole rings is 1. The molecule has 10 nitrogen and oxygen atoms in total. The summed E-state index contributed by atoms with van der Waals surface area (Å²) < 4.78 is 5.29. The van der Waals surface area contributed by atoms with Gasteiger partial charge in [0, 0.05) is 12.5 Å². The van der Waals surface area contributed by atoms with Crippen LogP contribution in [0.4, 0.5) is 0 Å². The second-order valence-corrected chi connectivity index (χ2v) is 8.87. The van der Waals surface area contributed by atoms with Crippen LogP contribution in [0, 0.1) is 23.2 Å². The fourth-order valence-corrected chi connectivity index (χ4v) is 4.23. The Balaban J connectivity index is 1.47. The molecule has 11 heteroatoms. The third-order valence-electron chi connectivity index (χ3n) is 6.04. The fourth-order valence-electron chi connectivity index (χ4n) is 4.03. The van der Waals surface area contributed by atoms with Gasteiger partial charge in [0.15, 0.2) is 5.82 Å². The first kappa shape index (κ1) is 22.9. The van der Waals surface area contributed by atoms with Crippen LogP contribution in [0.25, 0.3) is 11.0 Å². The molecular formula is C22H25ClN6O4. The summed E-state index contributed by atoms with van der Waals surface area (Å²) in [5.74, 6) is -0.591. The van der Waals surface area contributed by atoms with E-state index in [4.69, 9.17) is 16.3 Å². The summed E-state index contributed by atoms with van der Waals surface area (Å²) in [6.07, 6.45) is 3.30. The minimum absolute atomic E-state index is 0.00413. The molecule has 1 aromatic carbocycles. The number of H-pyrrole nitrogens is 1. The number of aromatic amines is 1. The number of hydrogen-bond donors (Lipinski definition) is 4. The Bertz CT molecular complexity index is 1120. The quantitative estimate of drug-likeness (QED) is 0.436. The van der Waals surface area contributed by atoms with E-state index in [0.717, 1.165) is 12.8 Å². The molecule has 2 fully saturated rings. The zero-order valence-electron chi connectivity index (χ0n) is 18.1. The van der Waals surface area contributed by atoms with Crippen molar-refractivity contribution in [1.82, 2.24) is 25.9 Å². The number of nitrogens with one attached hydrogen (secondary N) is 4. The van der Waals surface area contributed by atoms with Gasteiger partial charge in [0.1, 0.15) is 28.9 Å². The van der Waals surface area contributed by atoms with E-state index in [9.17, 15) is 19.6 Å². The van der Waals surface area contributed by atoms with E-state index < -0.39 is 23.9 Å². The van der Waals surface area contributed by atoms with Crippen molar-refractivity contribution in [2.75, 3.05) is 13.7 Å². The summed E-state index contributed by atoms with van der Waals surface area (Å²) in [6, 6.07) is 3.70. The van der Waals surface area contributed by atoms with Gasteiger partial charge in [0.05, 0.1) is 18.2 Å². The number of rotatable bonds is 9. The first-order valence-electron chi connectivity index (χ1n) is 10.9. The topological polar surface area (TPSA) is 149 Å². The molecule has 3 amide bonds. The van der Waals surface area contributed by atoms with Crippen molar-refractivity contribution in [3.05, 3.63) is 23.0 Å². The van der Waals surface area contributed by atoms with Crippen LogP contribution in [-0.4, -0.2) is 53.4 Å². The Hall–Kier alpha value is -3.32. The highest BCUT2D eigenvalue weighted by atomic mass is 35.5. The Morgan fingerprint density at radius 2 is 2.09 bits per heavy atom. The Labute approximate surface area is 195 Å². The number of hydrogen-bond acceptors (Lipinski definition) is 6. The van der Waals surface area contributed by atoms with Crippen molar-refractivity contribution in [3.63, 3.8) is 0 Å². The zero-order chi connectivity index (χ0) is 23.5. The molecule has 1 saturated heterocycles. The van der Waals surface area contributed by atoms with Gasteiger partial charge in [-0.25, -0.2) is 4.98 Å². The van der Waals surface area contributed by atoms with Crippen LogP contribution in [-0.2, 0) is 9.59 Å². The maximum atomic E-state index is 13.0. The molecule has 1 aromatic heterocycles. The van der Waals surface area contributed by atoms with E-state index >= 15 is 0 Å². The van der Waals surface area contributed by atoms with E-state index in [2.05, 4.69) is 32.0 Å². The molecular weight excluding hydrogens is 448 g/mol. The van der Waals surface area contributed by atoms with Gasteiger partial charge in [-0.2, -0.15) is 5.26 Å². The number of fused-ring (bicyclic) bond motifs is 1. The van der Waals surface area contributed by atoms with Crippen LogP contribution in [0.2, 0.25) is 5.02 Å². The first-order valence-corrected chi connectivity index (χ1v) is 11.3. The molecule has 0 radical (unpaired) electrons. The number of nitriles is 1. The summed E-state index contributed by atoms with van der Waals surface area (Å²) in [5.41, 5.74) is 0.876. The highest BCUT2D eigenvalue weighted by molar-refractivity contribution is 6.35. The summed E-state index contributed by atoms with van der Waals surface area (Å²) in [4.78, 5) is 44.9. The van der Waals surface area contributed by atoms with E-state index in [1.807, 2.05) is 0 Å². The number of benzene rings is 1. The molecule has 2 heterocycles. The Morgan fingerprint density at radius 3 is 2.73 bits per heavy atom. The molecule has 2 aromatic rings. The number of carbonyl (C=O) groups excluding carboxylic acids is 3. The Morgan fingerprint density at radius 1 is 1.30 bits per heavy atom. The average molecular weight is 473 g/mol.